The highest BCUT2D eigenvalue weighted by Crippen LogP contribution is 2.39. The molecule has 6 nitrogen and oxygen atoms in total. The quantitative estimate of drug-likeness (QED) is 0.559. The van der Waals surface area contributed by atoms with Crippen molar-refractivity contribution in [2.75, 3.05) is 21.3 Å². The molecular formula is C22H18F3O6-. The lowest BCUT2D eigenvalue weighted by molar-refractivity contribution is -0.257. The van der Waals surface area contributed by atoms with Crippen LogP contribution < -0.4 is 19.3 Å². The van der Waals surface area contributed by atoms with E-state index in [2.05, 4.69) is 0 Å². The molecule has 0 aliphatic heterocycles. The van der Waals surface area contributed by atoms with Crippen LogP contribution in [-0.2, 0) is 12.6 Å². The van der Waals surface area contributed by atoms with Crippen molar-refractivity contribution >= 4 is 5.97 Å². The summed E-state index contributed by atoms with van der Waals surface area (Å²) in [5.74, 6) is -0.970. The monoisotopic (exact) mass is 435 g/mol. The van der Waals surface area contributed by atoms with Gasteiger partial charge in [-0.3, -0.25) is 0 Å². The van der Waals surface area contributed by atoms with E-state index in [4.69, 9.17) is 18.6 Å². The van der Waals surface area contributed by atoms with Crippen LogP contribution in [0.1, 0.15) is 27.2 Å². The maximum absolute atomic E-state index is 13.0. The Kier molecular flexibility index (Phi) is 6.14. The highest BCUT2D eigenvalue weighted by atomic mass is 19.4. The molecule has 0 N–H and O–H groups in total. The molecule has 0 aliphatic carbocycles. The third-order valence-corrected chi connectivity index (χ3v) is 4.59. The lowest BCUT2D eigenvalue weighted by Crippen LogP contribution is -2.22. The standard InChI is InChI=1S/C22H19F3O6/c1-28-17-8-12(9-18(29-2)20(17)30-3)7-14-11-16(31-19(14)21(26)27)13-5-4-6-15(10-13)22(23,24)25/h4-6,8-11H,7H2,1-3H3,(H,26,27)/p-1. The maximum atomic E-state index is 13.0. The minimum Gasteiger partial charge on any atom is -0.542 e. The Morgan fingerprint density at radius 2 is 1.65 bits per heavy atom. The number of carbonyl (C=O) groups is 1. The number of alkyl halides is 3. The normalized spacial score (nSPS) is 11.3. The number of carbonyl (C=O) groups excluding carboxylic acids is 1. The molecule has 164 valence electrons. The van der Waals surface area contributed by atoms with E-state index in [0.29, 0.717) is 22.8 Å². The van der Waals surface area contributed by atoms with Gasteiger partial charge in [-0.05, 0) is 35.9 Å². The van der Waals surface area contributed by atoms with Crippen LogP contribution in [0.25, 0.3) is 11.3 Å². The van der Waals surface area contributed by atoms with Gasteiger partial charge in [-0.15, -0.1) is 0 Å². The smallest absolute Gasteiger partial charge is 0.416 e. The number of carboxylic acids is 1. The molecule has 0 saturated heterocycles. The van der Waals surface area contributed by atoms with E-state index in [0.717, 1.165) is 12.1 Å². The van der Waals surface area contributed by atoms with E-state index < -0.39 is 23.5 Å². The molecule has 0 unspecified atom stereocenters. The van der Waals surface area contributed by atoms with Crippen molar-refractivity contribution in [3.8, 4) is 28.6 Å². The van der Waals surface area contributed by atoms with Gasteiger partial charge in [-0.1, -0.05) is 12.1 Å². The van der Waals surface area contributed by atoms with Gasteiger partial charge in [-0.2, -0.15) is 13.2 Å². The van der Waals surface area contributed by atoms with Crippen LogP contribution in [0.15, 0.2) is 46.9 Å². The fourth-order valence-corrected chi connectivity index (χ4v) is 3.18. The topological polar surface area (TPSA) is 81.0 Å². The van der Waals surface area contributed by atoms with Gasteiger partial charge >= 0.3 is 6.18 Å². The first kappa shape index (κ1) is 22.1. The van der Waals surface area contributed by atoms with Crippen molar-refractivity contribution in [3.05, 3.63) is 64.9 Å². The van der Waals surface area contributed by atoms with E-state index >= 15 is 0 Å². The van der Waals surface area contributed by atoms with Crippen molar-refractivity contribution in [1.82, 2.24) is 0 Å². The van der Waals surface area contributed by atoms with Crippen molar-refractivity contribution in [2.24, 2.45) is 0 Å². The molecule has 3 aromatic rings. The predicted molar refractivity (Wildman–Crippen MR) is 102 cm³/mol. The molecule has 31 heavy (non-hydrogen) atoms. The molecule has 0 bridgehead atoms. The van der Waals surface area contributed by atoms with Crippen molar-refractivity contribution < 1.29 is 41.7 Å². The van der Waals surface area contributed by atoms with E-state index in [1.54, 1.807) is 12.1 Å². The number of ether oxygens (including phenoxy) is 3. The molecule has 1 aromatic heterocycles. The number of carboxylic acid groups (broad SMARTS) is 1. The number of benzene rings is 2. The van der Waals surface area contributed by atoms with Crippen LogP contribution in [0.3, 0.4) is 0 Å². The van der Waals surface area contributed by atoms with Crippen LogP contribution in [0.2, 0.25) is 0 Å². The fourth-order valence-electron chi connectivity index (χ4n) is 3.18. The molecule has 1 heterocycles. The Morgan fingerprint density at radius 1 is 1.00 bits per heavy atom. The SMILES string of the molecule is COc1cc(Cc2cc(-c3cccc(C(F)(F)F)c3)oc2C(=O)[O-])cc(OC)c1OC. The van der Waals surface area contributed by atoms with Gasteiger partial charge in [0.1, 0.15) is 11.7 Å². The molecule has 0 radical (unpaired) electrons. The highest BCUT2D eigenvalue weighted by Gasteiger charge is 2.30. The van der Waals surface area contributed by atoms with Gasteiger partial charge in [0.2, 0.25) is 5.75 Å². The summed E-state index contributed by atoms with van der Waals surface area (Å²) in [7, 11) is 4.33. The molecule has 9 heteroatoms. The molecular weight excluding hydrogens is 417 g/mol. The summed E-state index contributed by atoms with van der Waals surface area (Å²) in [4.78, 5) is 11.6. The van der Waals surface area contributed by atoms with Crippen molar-refractivity contribution in [1.29, 1.82) is 0 Å². The zero-order chi connectivity index (χ0) is 22.8. The molecule has 3 rings (SSSR count). The Bertz CT molecular complexity index is 1080. The molecule has 0 fully saturated rings. The summed E-state index contributed by atoms with van der Waals surface area (Å²) in [5.41, 5.74) is 0.0473. The van der Waals surface area contributed by atoms with Crippen molar-refractivity contribution in [3.63, 3.8) is 0 Å². The summed E-state index contributed by atoms with van der Waals surface area (Å²) in [6.45, 7) is 0. The van der Waals surface area contributed by atoms with Gasteiger partial charge in [0.15, 0.2) is 17.3 Å². The zero-order valence-corrected chi connectivity index (χ0v) is 16.8. The van der Waals surface area contributed by atoms with Crippen LogP contribution in [-0.4, -0.2) is 27.3 Å². The van der Waals surface area contributed by atoms with Gasteiger partial charge in [0.25, 0.3) is 0 Å². The van der Waals surface area contributed by atoms with Crippen molar-refractivity contribution in [2.45, 2.75) is 12.6 Å². The maximum Gasteiger partial charge on any atom is 0.416 e. The van der Waals surface area contributed by atoms with Gasteiger partial charge < -0.3 is 28.5 Å². The number of halogens is 3. The highest BCUT2D eigenvalue weighted by molar-refractivity contribution is 5.85. The second-order valence-electron chi connectivity index (χ2n) is 6.54. The number of methoxy groups -OCH3 is 3. The minimum absolute atomic E-state index is 0.0206. The second kappa shape index (κ2) is 8.63. The lowest BCUT2D eigenvalue weighted by Gasteiger charge is -2.14. The summed E-state index contributed by atoms with van der Waals surface area (Å²) in [6, 6.07) is 9.08. The number of hydrogen-bond acceptors (Lipinski definition) is 6. The second-order valence-corrected chi connectivity index (χ2v) is 6.54. The summed E-state index contributed by atoms with van der Waals surface area (Å²) in [5, 5.41) is 11.6. The Labute approximate surface area is 175 Å². The molecule has 0 saturated carbocycles. The Hall–Kier alpha value is -3.62. The van der Waals surface area contributed by atoms with Crippen LogP contribution in [0, 0.1) is 0 Å². The van der Waals surface area contributed by atoms with Gasteiger partial charge in [0, 0.05) is 17.5 Å². The summed E-state index contributed by atoms with van der Waals surface area (Å²) in [6.07, 6.45) is -4.47. The third kappa shape index (κ3) is 4.60. The number of furan rings is 1. The first-order valence-corrected chi connectivity index (χ1v) is 8.98. The Morgan fingerprint density at radius 3 is 2.16 bits per heavy atom. The Balaban J connectivity index is 2.04. The van der Waals surface area contributed by atoms with Crippen LogP contribution >= 0.6 is 0 Å². The summed E-state index contributed by atoms with van der Waals surface area (Å²) >= 11 is 0. The van der Waals surface area contributed by atoms with Gasteiger partial charge in [-0.25, -0.2) is 0 Å². The average Bonchev–Trinajstić information content (AvgIpc) is 3.16. The minimum atomic E-state index is -4.54. The number of hydrogen-bond donors (Lipinski definition) is 0. The first-order chi connectivity index (χ1) is 14.7. The molecule has 0 amide bonds. The number of rotatable bonds is 7. The van der Waals surface area contributed by atoms with E-state index in [1.807, 2.05) is 0 Å². The van der Waals surface area contributed by atoms with Crippen LogP contribution in [0.4, 0.5) is 13.2 Å². The predicted octanol–water partition coefficient (Wildman–Crippen LogP) is 3.95. The third-order valence-electron chi connectivity index (χ3n) is 4.59. The first-order valence-electron chi connectivity index (χ1n) is 8.98. The molecule has 0 atom stereocenters. The van der Waals surface area contributed by atoms with E-state index in [9.17, 15) is 23.1 Å². The molecule has 0 spiro atoms. The summed E-state index contributed by atoms with van der Waals surface area (Å²) < 4.78 is 60.2. The van der Waals surface area contributed by atoms with E-state index in [1.165, 1.54) is 39.5 Å². The molecule has 2 aromatic carbocycles. The fraction of sp³-hybridized carbons (Fsp3) is 0.227. The lowest BCUT2D eigenvalue weighted by atomic mass is 10.0. The van der Waals surface area contributed by atoms with Gasteiger partial charge in [0.05, 0.1) is 26.9 Å². The molecule has 0 aliphatic rings. The average molecular weight is 435 g/mol. The van der Waals surface area contributed by atoms with Crippen LogP contribution in [0.5, 0.6) is 17.2 Å². The number of aromatic carboxylic acids is 1. The van der Waals surface area contributed by atoms with E-state index in [-0.39, 0.29) is 23.3 Å². The largest absolute Gasteiger partial charge is 0.542 e. The zero-order valence-electron chi connectivity index (χ0n) is 16.8.